The predicted octanol–water partition coefficient (Wildman–Crippen LogP) is 5.68. The number of nitrogens with zero attached hydrogens (tertiary/aromatic N) is 2. The lowest BCUT2D eigenvalue weighted by molar-refractivity contribution is 0.442. The van der Waals surface area contributed by atoms with Gasteiger partial charge in [0.25, 0.3) is 0 Å². The fraction of sp³-hybridized carbons (Fsp3) is 0.350. The molecule has 1 aliphatic carbocycles. The van der Waals surface area contributed by atoms with Gasteiger partial charge >= 0.3 is 0 Å². The fourth-order valence-corrected chi connectivity index (χ4v) is 3.59. The summed E-state index contributed by atoms with van der Waals surface area (Å²) in [5.74, 6) is 2.84. The maximum absolute atomic E-state index is 6.05. The van der Waals surface area contributed by atoms with E-state index in [9.17, 15) is 0 Å². The van der Waals surface area contributed by atoms with Gasteiger partial charge in [0.1, 0.15) is 5.84 Å². The Kier molecular flexibility index (Phi) is 3.78. The first-order valence-corrected chi connectivity index (χ1v) is 8.53. The van der Waals surface area contributed by atoms with Crippen LogP contribution in [0.3, 0.4) is 0 Å². The fourth-order valence-electron chi connectivity index (χ4n) is 3.59. The number of ether oxygens (including phenoxy) is 1. The van der Waals surface area contributed by atoms with Crippen LogP contribution in [-0.4, -0.2) is 11.9 Å². The Morgan fingerprint density at radius 2 is 1.48 bits per heavy atom. The summed E-state index contributed by atoms with van der Waals surface area (Å²) in [6.45, 7) is 2.12. The number of rotatable bonds is 1. The molecule has 2 aliphatic rings. The van der Waals surface area contributed by atoms with Gasteiger partial charge in [0, 0.05) is 0 Å². The summed E-state index contributed by atoms with van der Waals surface area (Å²) in [6, 6.07) is 16.8. The van der Waals surface area contributed by atoms with E-state index in [1.165, 1.54) is 32.1 Å². The lowest BCUT2D eigenvalue weighted by atomic mass is 9.96. The number of hydrogen-bond acceptors (Lipinski definition) is 2. The van der Waals surface area contributed by atoms with Gasteiger partial charge in [-0.3, -0.25) is 9.89 Å². The van der Waals surface area contributed by atoms with Crippen molar-refractivity contribution in [3.8, 4) is 11.5 Å². The molecule has 23 heavy (non-hydrogen) atoms. The van der Waals surface area contributed by atoms with Crippen LogP contribution in [0.2, 0.25) is 0 Å². The molecule has 2 aromatic rings. The third kappa shape index (κ3) is 2.72. The summed E-state index contributed by atoms with van der Waals surface area (Å²) in [7, 11) is 0. The summed E-state index contributed by atoms with van der Waals surface area (Å²) in [5.41, 5.74) is 2.14. The summed E-state index contributed by atoms with van der Waals surface area (Å²) in [6.07, 6.45) is 6.39. The van der Waals surface area contributed by atoms with Gasteiger partial charge in [-0.25, -0.2) is 0 Å². The van der Waals surface area contributed by atoms with E-state index in [0.29, 0.717) is 6.04 Å². The minimum Gasteiger partial charge on any atom is -0.453 e. The van der Waals surface area contributed by atoms with Crippen LogP contribution in [0, 0.1) is 0 Å². The quantitative estimate of drug-likeness (QED) is 0.500. The van der Waals surface area contributed by atoms with Crippen molar-refractivity contribution in [1.82, 2.24) is 0 Å². The molecule has 0 unspecified atom stereocenters. The molecule has 0 spiro atoms. The Labute approximate surface area is 137 Å². The maximum Gasteiger partial charge on any atom is 0.151 e. The normalized spacial score (nSPS) is 18.1. The molecular weight excluding hydrogens is 284 g/mol. The van der Waals surface area contributed by atoms with Crippen LogP contribution in [0.4, 0.5) is 11.4 Å². The minimum atomic E-state index is 0.464. The van der Waals surface area contributed by atoms with Crippen molar-refractivity contribution in [2.75, 3.05) is 4.90 Å². The predicted molar refractivity (Wildman–Crippen MR) is 95.1 cm³/mol. The van der Waals surface area contributed by atoms with Crippen LogP contribution >= 0.6 is 0 Å². The number of fused-ring (bicyclic) bond motifs is 2. The molecule has 2 aromatic carbocycles. The van der Waals surface area contributed by atoms with Crippen LogP contribution in [-0.2, 0) is 0 Å². The standard InChI is InChI=1S/C20H22N2O/c1-15(21-16-9-3-2-4-10-16)22-17-11-5-7-13-19(17)23-20-14-8-6-12-18(20)22/h5-8,11-14,16H,2-4,9-10H2,1H3. The highest BCUT2D eigenvalue weighted by atomic mass is 16.5. The van der Waals surface area contributed by atoms with E-state index in [0.717, 1.165) is 28.7 Å². The van der Waals surface area contributed by atoms with Crippen LogP contribution in [0.15, 0.2) is 53.5 Å². The average molecular weight is 306 g/mol. The van der Waals surface area contributed by atoms with Crippen LogP contribution in [0.25, 0.3) is 0 Å². The number of aliphatic imine (C=N–C) groups is 1. The Morgan fingerprint density at radius 1 is 0.913 bits per heavy atom. The summed E-state index contributed by atoms with van der Waals surface area (Å²) in [4.78, 5) is 7.28. The van der Waals surface area contributed by atoms with E-state index >= 15 is 0 Å². The average Bonchev–Trinajstić information content (AvgIpc) is 2.60. The van der Waals surface area contributed by atoms with Gasteiger partial charge in [0.15, 0.2) is 11.5 Å². The molecule has 0 atom stereocenters. The first-order valence-electron chi connectivity index (χ1n) is 8.53. The molecule has 0 bridgehead atoms. The number of anilines is 2. The Bertz CT molecular complexity index is 686. The van der Waals surface area contributed by atoms with Gasteiger partial charge in [0.05, 0.1) is 17.4 Å². The molecule has 1 saturated carbocycles. The zero-order valence-electron chi connectivity index (χ0n) is 13.5. The largest absolute Gasteiger partial charge is 0.453 e. The second-order valence-electron chi connectivity index (χ2n) is 6.34. The minimum absolute atomic E-state index is 0.464. The molecule has 0 saturated heterocycles. The molecular formula is C20H22N2O. The molecule has 118 valence electrons. The van der Waals surface area contributed by atoms with Gasteiger partial charge in [-0.2, -0.15) is 0 Å². The van der Waals surface area contributed by atoms with E-state index in [-0.39, 0.29) is 0 Å². The van der Waals surface area contributed by atoms with Crippen LogP contribution in [0.1, 0.15) is 39.0 Å². The monoisotopic (exact) mass is 306 g/mol. The van der Waals surface area contributed by atoms with Gasteiger partial charge in [-0.1, -0.05) is 43.5 Å². The van der Waals surface area contributed by atoms with Crippen molar-refractivity contribution in [2.45, 2.75) is 45.1 Å². The van der Waals surface area contributed by atoms with Gasteiger partial charge in [0.2, 0.25) is 0 Å². The van der Waals surface area contributed by atoms with E-state index in [4.69, 9.17) is 9.73 Å². The van der Waals surface area contributed by atoms with Crippen molar-refractivity contribution in [3.63, 3.8) is 0 Å². The molecule has 1 aliphatic heterocycles. The first-order chi connectivity index (χ1) is 11.3. The molecule has 1 heterocycles. The van der Waals surface area contributed by atoms with E-state index in [1.807, 2.05) is 24.3 Å². The molecule has 0 aromatic heterocycles. The lowest BCUT2D eigenvalue weighted by Crippen LogP contribution is -2.28. The molecule has 1 fully saturated rings. The van der Waals surface area contributed by atoms with Crippen molar-refractivity contribution in [2.24, 2.45) is 4.99 Å². The zero-order valence-corrected chi connectivity index (χ0v) is 13.5. The Balaban J connectivity index is 1.76. The van der Waals surface area contributed by atoms with Crippen molar-refractivity contribution in [3.05, 3.63) is 48.5 Å². The number of amidine groups is 1. The Hall–Kier alpha value is -2.29. The summed E-state index contributed by atoms with van der Waals surface area (Å²) < 4.78 is 6.05. The van der Waals surface area contributed by atoms with E-state index in [1.54, 1.807) is 0 Å². The van der Waals surface area contributed by atoms with Gasteiger partial charge in [-0.05, 0) is 44.0 Å². The SMILES string of the molecule is CC(=NC1CCCCC1)N1c2ccccc2Oc2ccccc21. The first kappa shape index (κ1) is 14.3. The molecule has 4 rings (SSSR count). The molecule has 0 radical (unpaired) electrons. The smallest absolute Gasteiger partial charge is 0.151 e. The third-order valence-electron chi connectivity index (χ3n) is 4.70. The second kappa shape index (κ2) is 6.07. The highest BCUT2D eigenvalue weighted by Crippen LogP contribution is 2.46. The number of hydrogen-bond donors (Lipinski definition) is 0. The summed E-state index contributed by atoms with van der Waals surface area (Å²) >= 11 is 0. The number of para-hydroxylation sites is 4. The highest BCUT2D eigenvalue weighted by molar-refractivity contribution is 6.06. The zero-order chi connectivity index (χ0) is 15.6. The molecule has 0 amide bonds. The van der Waals surface area contributed by atoms with E-state index < -0.39 is 0 Å². The lowest BCUT2D eigenvalue weighted by Gasteiger charge is -2.33. The molecule has 0 N–H and O–H groups in total. The van der Waals surface area contributed by atoms with Crippen LogP contribution in [0.5, 0.6) is 11.5 Å². The van der Waals surface area contributed by atoms with Crippen molar-refractivity contribution >= 4 is 17.2 Å². The second-order valence-corrected chi connectivity index (χ2v) is 6.34. The van der Waals surface area contributed by atoms with Gasteiger partial charge < -0.3 is 4.74 Å². The van der Waals surface area contributed by atoms with Crippen LogP contribution < -0.4 is 9.64 Å². The highest BCUT2D eigenvalue weighted by Gasteiger charge is 2.26. The molecule has 3 heteroatoms. The number of benzene rings is 2. The summed E-state index contributed by atoms with van der Waals surface area (Å²) in [5, 5.41) is 0. The maximum atomic E-state index is 6.05. The van der Waals surface area contributed by atoms with Gasteiger partial charge in [-0.15, -0.1) is 0 Å². The van der Waals surface area contributed by atoms with E-state index in [2.05, 4.69) is 36.1 Å². The molecule has 3 nitrogen and oxygen atoms in total. The van der Waals surface area contributed by atoms with Crippen molar-refractivity contribution in [1.29, 1.82) is 0 Å². The van der Waals surface area contributed by atoms with Crippen molar-refractivity contribution < 1.29 is 4.74 Å². The Morgan fingerprint density at radius 3 is 2.09 bits per heavy atom. The topological polar surface area (TPSA) is 24.8 Å². The third-order valence-corrected chi connectivity index (χ3v) is 4.70.